The second kappa shape index (κ2) is 9.17. The van der Waals surface area contributed by atoms with Crippen LogP contribution < -0.4 is 10.6 Å². The Labute approximate surface area is 192 Å². The summed E-state index contributed by atoms with van der Waals surface area (Å²) < 4.78 is 7.50. The average Bonchev–Trinajstić information content (AvgIpc) is 3.46. The van der Waals surface area contributed by atoms with Crippen molar-refractivity contribution in [2.75, 3.05) is 23.8 Å². The van der Waals surface area contributed by atoms with E-state index in [1.807, 2.05) is 27.7 Å². The van der Waals surface area contributed by atoms with Crippen molar-refractivity contribution in [2.45, 2.75) is 45.1 Å². The summed E-state index contributed by atoms with van der Waals surface area (Å²) in [7, 11) is 0. The number of imidazole rings is 1. The smallest absolute Gasteiger partial charge is 0.309 e. The van der Waals surface area contributed by atoms with E-state index in [1.165, 1.54) is 11.9 Å². The van der Waals surface area contributed by atoms with Crippen LogP contribution in [0.15, 0.2) is 36.9 Å². The number of nitrogen functional groups attached to an aromatic ring is 1. The number of para-hydroxylation sites is 1. The molecule has 1 aliphatic heterocycles. The van der Waals surface area contributed by atoms with Crippen LogP contribution in [0.4, 0.5) is 11.5 Å². The van der Waals surface area contributed by atoms with Gasteiger partial charge >= 0.3 is 5.97 Å². The van der Waals surface area contributed by atoms with Crippen molar-refractivity contribution in [2.24, 2.45) is 11.8 Å². The Morgan fingerprint density at radius 3 is 2.79 bits per heavy atom. The van der Waals surface area contributed by atoms with E-state index in [1.54, 1.807) is 6.33 Å². The number of hydrogen-bond acceptors (Lipinski definition) is 7. The topological polar surface area (TPSA) is 116 Å². The molecule has 1 aromatic carbocycles. The first-order valence-electron chi connectivity index (χ1n) is 11.6. The number of fused-ring (bicyclic) bond motifs is 2. The average molecular weight is 449 g/mol. The highest BCUT2D eigenvalue weighted by Crippen LogP contribution is 2.36. The molecule has 0 bridgehead atoms. The Morgan fingerprint density at radius 1 is 1.09 bits per heavy atom. The Hall–Kier alpha value is -3.49. The molecular weight excluding hydrogens is 420 g/mol. The molecule has 3 aromatic rings. The van der Waals surface area contributed by atoms with Gasteiger partial charge in [-0.05, 0) is 37.3 Å². The van der Waals surface area contributed by atoms with Crippen molar-refractivity contribution in [1.82, 2.24) is 19.5 Å². The number of aryl methyl sites for hydroxylation is 1. The molecule has 1 saturated carbocycles. The third-order valence-corrected chi connectivity index (χ3v) is 6.76. The van der Waals surface area contributed by atoms with Gasteiger partial charge in [-0.25, -0.2) is 15.0 Å². The zero-order valence-electron chi connectivity index (χ0n) is 18.5. The van der Waals surface area contributed by atoms with Crippen LogP contribution in [0.5, 0.6) is 0 Å². The molecule has 0 saturated heterocycles. The SMILES string of the molecule is Nc1ncnc2c1ncn2CCCOC(=O)C1CCCCC1C(=O)N1CCc2ccccc21. The number of amides is 1. The van der Waals surface area contributed by atoms with Gasteiger partial charge in [-0.15, -0.1) is 0 Å². The predicted octanol–water partition coefficient (Wildman–Crippen LogP) is 2.74. The normalized spacial score (nSPS) is 20.1. The number of anilines is 2. The standard InChI is InChI=1S/C24H28N6O3/c25-21-20-22(27-14-26-21)29(15-28-20)11-5-13-33-24(32)18-8-3-2-7-17(18)23(31)30-12-10-16-6-1-4-9-19(16)30/h1,4,6,9,14-15,17-18H,2-3,5,7-8,10-13H2,(H2,25,26,27). The summed E-state index contributed by atoms with van der Waals surface area (Å²) >= 11 is 0. The molecule has 1 aliphatic carbocycles. The summed E-state index contributed by atoms with van der Waals surface area (Å²) in [5, 5.41) is 0. The van der Waals surface area contributed by atoms with Crippen LogP contribution in [0.25, 0.3) is 11.2 Å². The summed E-state index contributed by atoms with van der Waals surface area (Å²) in [6.45, 7) is 1.56. The Balaban J connectivity index is 1.18. The van der Waals surface area contributed by atoms with Gasteiger partial charge in [0.2, 0.25) is 5.91 Å². The summed E-state index contributed by atoms with van der Waals surface area (Å²) in [5.41, 5.74) is 9.24. The molecular formula is C24H28N6O3. The number of nitrogens with zero attached hydrogens (tertiary/aromatic N) is 5. The molecule has 9 nitrogen and oxygen atoms in total. The van der Waals surface area contributed by atoms with E-state index in [4.69, 9.17) is 10.5 Å². The van der Waals surface area contributed by atoms with Crippen LogP contribution in [0.3, 0.4) is 0 Å². The summed E-state index contributed by atoms with van der Waals surface area (Å²) in [6.07, 6.45) is 7.91. The van der Waals surface area contributed by atoms with Gasteiger partial charge in [0.05, 0.1) is 24.8 Å². The van der Waals surface area contributed by atoms with Gasteiger partial charge in [0.15, 0.2) is 11.5 Å². The highest BCUT2D eigenvalue weighted by molar-refractivity contribution is 5.99. The maximum absolute atomic E-state index is 13.4. The van der Waals surface area contributed by atoms with Crippen molar-refractivity contribution in [3.05, 3.63) is 42.5 Å². The molecule has 1 fully saturated rings. The third kappa shape index (κ3) is 4.15. The number of carbonyl (C=O) groups excluding carboxylic acids is 2. The maximum Gasteiger partial charge on any atom is 0.309 e. The fourth-order valence-corrected chi connectivity index (χ4v) is 5.05. The molecule has 1 amide bonds. The second-order valence-electron chi connectivity index (χ2n) is 8.76. The van der Waals surface area contributed by atoms with Gasteiger partial charge in [-0.1, -0.05) is 31.0 Å². The van der Waals surface area contributed by atoms with E-state index in [0.717, 1.165) is 31.4 Å². The number of rotatable bonds is 6. The maximum atomic E-state index is 13.4. The van der Waals surface area contributed by atoms with Gasteiger partial charge in [-0.2, -0.15) is 0 Å². The molecule has 33 heavy (non-hydrogen) atoms. The van der Waals surface area contributed by atoms with Crippen LogP contribution in [-0.4, -0.2) is 44.5 Å². The summed E-state index contributed by atoms with van der Waals surface area (Å²) in [4.78, 5) is 40.6. The van der Waals surface area contributed by atoms with Crippen LogP contribution in [0.1, 0.15) is 37.7 Å². The first kappa shape index (κ1) is 21.4. The van der Waals surface area contributed by atoms with E-state index in [-0.39, 0.29) is 30.3 Å². The van der Waals surface area contributed by atoms with Crippen molar-refractivity contribution in [3.8, 4) is 0 Å². The number of hydrogen-bond donors (Lipinski definition) is 1. The highest BCUT2D eigenvalue weighted by atomic mass is 16.5. The fraction of sp³-hybridized carbons (Fsp3) is 0.458. The number of carbonyl (C=O) groups is 2. The number of ether oxygens (including phenoxy) is 1. The second-order valence-corrected chi connectivity index (χ2v) is 8.76. The molecule has 3 heterocycles. The van der Waals surface area contributed by atoms with Crippen molar-refractivity contribution >= 4 is 34.5 Å². The molecule has 2 aromatic heterocycles. The molecule has 2 atom stereocenters. The Morgan fingerprint density at radius 2 is 1.91 bits per heavy atom. The van der Waals surface area contributed by atoms with E-state index < -0.39 is 0 Å². The zero-order valence-corrected chi connectivity index (χ0v) is 18.5. The van der Waals surface area contributed by atoms with Crippen molar-refractivity contribution in [3.63, 3.8) is 0 Å². The lowest BCUT2D eigenvalue weighted by atomic mass is 9.78. The molecule has 5 rings (SSSR count). The largest absolute Gasteiger partial charge is 0.465 e. The van der Waals surface area contributed by atoms with E-state index >= 15 is 0 Å². The van der Waals surface area contributed by atoms with Gasteiger partial charge in [0.25, 0.3) is 0 Å². The molecule has 2 aliphatic rings. The monoisotopic (exact) mass is 448 g/mol. The van der Waals surface area contributed by atoms with E-state index in [2.05, 4.69) is 21.0 Å². The molecule has 172 valence electrons. The van der Waals surface area contributed by atoms with Gasteiger partial charge in [0, 0.05) is 18.8 Å². The molecule has 2 unspecified atom stereocenters. The van der Waals surface area contributed by atoms with Gasteiger partial charge in [-0.3, -0.25) is 9.59 Å². The lowest BCUT2D eigenvalue weighted by molar-refractivity contribution is -0.154. The molecule has 9 heteroatoms. The number of benzene rings is 1. The minimum absolute atomic E-state index is 0.0590. The van der Waals surface area contributed by atoms with E-state index in [0.29, 0.717) is 42.9 Å². The third-order valence-electron chi connectivity index (χ3n) is 6.76. The Bertz CT molecular complexity index is 1180. The highest BCUT2D eigenvalue weighted by Gasteiger charge is 2.40. The molecule has 0 radical (unpaired) electrons. The number of nitrogens with two attached hydrogens (primary N) is 1. The fourth-order valence-electron chi connectivity index (χ4n) is 5.05. The minimum Gasteiger partial charge on any atom is -0.465 e. The van der Waals surface area contributed by atoms with Crippen molar-refractivity contribution < 1.29 is 14.3 Å². The summed E-state index contributed by atoms with van der Waals surface area (Å²) in [6, 6.07) is 8.02. The first-order valence-corrected chi connectivity index (χ1v) is 11.6. The van der Waals surface area contributed by atoms with Crippen LogP contribution in [0, 0.1) is 11.8 Å². The number of aromatic nitrogens is 4. The van der Waals surface area contributed by atoms with Gasteiger partial charge in [0.1, 0.15) is 11.8 Å². The Kier molecular flexibility index (Phi) is 5.93. The predicted molar refractivity (Wildman–Crippen MR) is 123 cm³/mol. The zero-order chi connectivity index (χ0) is 22.8. The summed E-state index contributed by atoms with van der Waals surface area (Å²) in [5.74, 6) is -0.541. The van der Waals surface area contributed by atoms with Crippen LogP contribution >= 0.6 is 0 Å². The number of esters is 1. The lowest BCUT2D eigenvalue weighted by Gasteiger charge is -2.32. The first-order chi connectivity index (χ1) is 16.1. The molecule has 0 spiro atoms. The minimum atomic E-state index is -0.374. The van der Waals surface area contributed by atoms with Crippen LogP contribution in [0.2, 0.25) is 0 Å². The van der Waals surface area contributed by atoms with Gasteiger partial charge < -0.3 is 19.9 Å². The quantitative estimate of drug-likeness (QED) is 0.455. The molecule has 2 N–H and O–H groups in total. The lowest BCUT2D eigenvalue weighted by Crippen LogP contribution is -2.42. The van der Waals surface area contributed by atoms with E-state index in [9.17, 15) is 9.59 Å². The van der Waals surface area contributed by atoms with Crippen molar-refractivity contribution in [1.29, 1.82) is 0 Å². The van der Waals surface area contributed by atoms with Crippen LogP contribution in [-0.2, 0) is 27.3 Å².